The number of pyridine rings is 2. The number of thiazole rings is 1. The summed E-state index contributed by atoms with van der Waals surface area (Å²) in [5, 5.41) is 6.69. The van der Waals surface area contributed by atoms with Gasteiger partial charge in [0.2, 0.25) is 0 Å². The third-order valence-electron chi connectivity index (χ3n) is 16.6. The molecule has 19 heteroatoms. The van der Waals surface area contributed by atoms with Crippen molar-refractivity contribution in [3.8, 4) is 0 Å². The quantitative estimate of drug-likeness (QED) is 0.172. The molecule has 0 saturated heterocycles. The maximum Gasteiger partial charge on any atom is 0.122 e. The summed E-state index contributed by atoms with van der Waals surface area (Å²) in [6.45, 7) is 21.0. The van der Waals surface area contributed by atoms with Crippen molar-refractivity contribution in [2.45, 2.75) is 97.4 Å². The van der Waals surface area contributed by atoms with Gasteiger partial charge in [0, 0.05) is 191 Å². The average Bonchev–Trinajstić information content (AvgIpc) is 4.47. The molecular formula is C64H92N18S. The topological polar surface area (TPSA) is 147 Å². The van der Waals surface area contributed by atoms with E-state index in [1.807, 2.05) is 62.0 Å². The summed E-state index contributed by atoms with van der Waals surface area (Å²) in [6, 6.07) is 17.1. The summed E-state index contributed by atoms with van der Waals surface area (Å²) in [7, 11) is 17.1. The van der Waals surface area contributed by atoms with Crippen molar-refractivity contribution in [2.24, 2.45) is 7.05 Å². The van der Waals surface area contributed by atoms with Crippen molar-refractivity contribution in [1.29, 1.82) is 0 Å². The van der Waals surface area contributed by atoms with Crippen LogP contribution in [-0.2, 0) is 98.1 Å². The van der Waals surface area contributed by atoms with Crippen LogP contribution in [0.25, 0.3) is 0 Å². The Morgan fingerprint density at radius 2 is 1.05 bits per heavy atom. The van der Waals surface area contributed by atoms with Gasteiger partial charge in [-0.05, 0) is 109 Å². The summed E-state index contributed by atoms with van der Waals surface area (Å²) in [6.07, 6.45) is 20.0. The maximum atomic E-state index is 4.33. The molecule has 9 aliphatic heterocycles. The first-order valence-electron chi connectivity index (χ1n) is 29.9. The molecule has 6 aromatic heterocycles. The number of fused-ring (bicyclic) bond motifs is 7. The van der Waals surface area contributed by atoms with E-state index >= 15 is 0 Å². The maximum absolute atomic E-state index is 4.33. The minimum Gasteiger partial charge on any atom is -0.336 e. The molecule has 0 aliphatic carbocycles. The minimum absolute atomic E-state index is 0.978. The number of nitrogens with one attached hydrogen (secondary N) is 2. The lowest BCUT2D eigenvalue weighted by Gasteiger charge is -2.24. The average molecular weight is 1150 g/mol. The fourth-order valence-electron chi connectivity index (χ4n) is 11.6. The molecule has 83 heavy (non-hydrogen) atoms. The van der Waals surface area contributed by atoms with Crippen LogP contribution in [0.2, 0.25) is 0 Å². The van der Waals surface area contributed by atoms with Gasteiger partial charge in [-0.1, -0.05) is 42.0 Å². The zero-order chi connectivity index (χ0) is 57.9. The Balaban J connectivity index is 0.000000114. The Kier molecular flexibility index (Phi) is 23.2. The smallest absolute Gasteiger partial charge is 0.122 e. The van der Waals surface area contributed by atoms with Gasteiger partial charge in [-0.15, -0.1) is 11.3 Å². The molecule has 15 heterocycles. The SMILES string of the molecule is CN1CCC2=C(CNC2)C1.CN1CCc2ccccc2C1.CN1CCc2cccnc2C1.CN1CCc2ncncc2C1.CN1CCc2ncsc2C1.CN1CCn2ccnc2C1.CN1Cc2cccnc2C1.Cn1cnc2c1CNCC2. The Bertz CT molecular complexity index is 2920. The molecule has 0 spiro atoms. The van der Waals surface area contributed by atoms with Crippen molar-refractivity contribution < 1.29 is 0 Å². The number of rotatable bonds is 0. The molecule has 0 saturated carbocycles. The van der Waals surface area contributed by atoms with E-state index < -0.39 is 0 Å². The highest BCUT2D eigenvalue weighted by atomic mass is 32.1. The molecule has 2 N–H and O–H groups in total. The zero-order valence-electron chi connectivity index (χ0n) is 51.0. The van der Waals surface area contributed by atoms with Gasteiger partial charge in [-0.2, -0.15) is 0 Å². The van der Waals surface area contributed by atoms with E-state index in [1.165, 1.54) is 112 Å². The highest BCUT2D eigenvalue weighted by molar-refractivity contribution is 7.09. The minimum atomic E-state index is 0.978. The molecule has 7 aromatic rings. The van der Waals surface area contributed by atoms with Gasteiger partial charge < -0.3 is 44.3 Å². The van der Waals surface area contributed by atoms with Gasteiger partial charge in [0.1, 0.15) is 12.2 Å². The molecule has 9 aliphatic rings. The van der Waals surface area contributed by atoms with Gasteiger partial charge in [0.25, 0.3) is 0 Å². The number of hydrogen-bond acceptors (Lipinski definition) is 17. The van der Waals surface area contributed by atoms with Crippen molar-refractivity contribution in [3.63, 3.8) is 0 Å². The van der Waals surface area contributed by atoms with Crippen LogP contribution >= 0.6 is 11.3 Å². The molecule has 1 aromatic carbocycles. The highest BCUT2D eigenvalue weighted by Gasteiger charge is 2.21. The molecule has 0 unspecified atom stereocenters. The molecular weight excluding hydrogens is 1050 g/mol. The van der Waals surface area contributed by atoms with Crippen LogP contribution < -0.4 is 10.6 Å². The largest absolute Gasteiger partial charge is 0.336 e. The molecule has 0 amide bonds. The molecule has 18 nitrogen and oxygen atoms in total. The lowest BCUT2D eigenvalue weighted by molar-refractivity contribution is 0.264. The summed E-state index contributed by atoms with van der Waals surface area (Å²) in [5.74, 6) is 1.19. The van der Waals surface area contributed by atoms with Gasteiger partial charge in [-0.25, -0.2) is 24.9 Å². The molecule has 444 valence electrons. The number of nitrogens with zero attached hydrogens (tertiary/aromatic N) is 16. The summed E-state index contributed by atoms with van der Waals surface area (Å²) >= 11 is 1.78. The first-order chi connectivity index (χ1) is 40.4. The van der Waals surface area contributed by atoms with E-state index in [4.69, 9.17) is 0 Å². The lowest BCUT2D eigenvalue weighted by Crippen LogP contribution is -2.30. The number of aryl methyl sites for hydroxylation is 1. The monoisotopic (exact) mass is 1140 g/mol. The van der Waals surface area contributed by atoms with Gasteiger partial charge >= 0.3 is 0 Å². The van der Waals surface area contributed by atoms with Crippen molar-refractivity contribution in [2.75, 3.05) is 115 Å². The van der Waals surface area contributed by atoms with Crippen LogP contribution in [0, 0.1) is 0 Å². The molecule has 0 bridgehead atoms. The predicted octanol–water partition coefficient (Wildman–Crippen LogP) is 5.98. The predicted molar refractivity (Wildman–Crippen MR) is 334 cm³/mol. The van der Waals surface area contributed by atoms with E-state index in [9.17, 15) is 0 Å². The standard InChI is InChI=1S/C10H13N.C9H12N2.C8H11N3.C8H14N2.C8H10N2.2C7H11N3.C7H10N2S/c1-11-7-6-9-4-2-3-5-10(9)8-11;1-11-6-4-8-3-2-5-10-9(8)7-11;1-11-3-2-8-7(5-11)4-9-6-10-8;1-10-3-2-7-4-9-5-8(7)6-10;1-10-5-7-3-2-4-9-8(7)6-10;1-10-5-9-6-2-3-8-4-7(6)10;1-9-4-5-10-3-2-8-7(10)6-9;1-9-3-2-6-7(4-9)10-5-8-6/h2-5H,6-8H2,1H3;2-3,5H,4,6-7H2,1H3;4,6H,2-3,5H2,1H3;9H,2-6H2,1H3;2-4H,5-6H2,1H3;5,8H,2-4H2,1H3;2-3H,4-6H2,1H3;5H,2-4H2,1H3. The number of likely N-dealkylation sites (N-methyl/N-ethyl adjacent to an activating group) is 6. The van der Waals surface area contributed by atoms with Crippen LogP contribution in [0.1, 0.15) is 79.1 Å². The molecule has 0 atom stereocenters. The second-order valence-corrected chi connectivity index (χ2v) is 24.5. The van der Waals surface area contributed by atoms with Crippen molar-refractivity contribution in [3.05, 3.63) is 182 Å². The van der Waals surface area contributed by atoms with Crippen LogP contribution in [0.15, 0.2) is 109 Å². The van der Waals surface area contributed by atoms with Crippen LogP contribution in [0.4, 0.5) is 0 Å². The second kappa shape index (κ2) is 31.3. The van der Waals surface area contributed by atoms with E-state index in [2.05, 4.69) is 175 Å². The summed E-state index contributed by atoms with van der Waals surface area (Å²) in [4.78, 5) is 47.3. The van der Waals surface area contributed by atoms with Gasteiger partial charge in [0.05, 0.1) is 46.9 Å². The third-order valence-corrected chi connectivity index (χ3v) is 17.5. The Morgan fingerprint density at radius 3 is 1.84 bits per heavy atom. The van der Waals surface area contributed by atoms with Crippen LogP contribution in [0.3, 0.4) is 0 Å². The number of hydrogen-bond donors (Lipinski definition) is 2. The van der Waals surface area contributed by atoms with E-state index in [1.54, 1.807) is 28.8 Å². The zero-order valence-corrected chi connectivity index (χ0v) is 51.8. The number of imidazole rings is 2. The molecule has 0 fully saturated rings. The van der Waals surface area contributed by atoms with Gasteiger partial charge in [-0.3, -0.25) is 19.8 Å². The molecule has 16 rings (SSSR count). The summed E-state index contributed by atoms with van der Waals surface area (Å²) in [5.41, 5.74) is 20.0. The Hall–Kier alpha value is -5.97. The van der Waals surface area contributed by atoms with Crippen molar-refractivity contribution >= 4 is 11.3 Å². The molecule has 0 radical (unpaired) electrons. The summed E-state index contributed by atoms with van der Waals surface area (Å²) < 4.78 is 4.29. The van der Waals surface area contributed by atoms with Crippen LogP contribution in [0.5, 0.6) is 0 Å². The number of aromatic nitrogens is 9. The first-order valence-corrected chi connectivity index (χ1v) is 30.8. The van der Waals surface area contributed by atoms with E-state index in [0.717, 1.165) is 124 Å². The fourth-order valence-corrected chi connectivity index (χ4v) is 12.5. The van der Waals surface area contributed by atoms with E-state index in [0.29, 0.717) is 0 Å². The van der Waals surface area contributed by atoms with Gasteiger partial charge in [0.15, 0.2) is 0 Å². The Morgan fingerprint density at radius 1 is 0.422 bits per heavy atom. The fraction of sp³-hybridized carbons (Fsp3) is 0.516. The number of benzene rings is 1. The normalized spacial score (nSPS) is 19.1. The van der Waals surface area contributed by atoms with Crippen LogP contribution in [-0.4, -0.2) is 193 Å². The lowest BCUT2D eigenvalue weighted by atomic mass is 10.0. The van der Waals surface area contributed by atoms with Crippen molar-refractivity contribution in [1.82, 2.24) is 89.0 Å². The second-order valence-electron chi connectivity index (χ2n) is 23.6. The highest BCUT2D eigenvalue weighted by Crippen LogP contribution is 2.22. The Labute approximate surface area is 498 Å². The first kappa shape index (κ1) is 61.6. The van der Waals surface area contributed by atoms with E-state index in [-0.39, 0.29) is 0 Å². The third kappa shape index (κ3) is 18.5.